The molecule has 0 aliphatic heterocycles. The number of nitro groups is 1. The van der Waals surface area contributed by atoms with Crippen molar-refractivity contribution in [2.24, 2.45) is 0 Å². The fourth-order valence-corrected chi connectivity index (χ4v) is 2.89. The normalized spacial score (nSPS) is 10.5. The number of amides is 1. The molecule has 0 aliphatic carbocycles. The summed E-state index contributed by atoms with van der Waals surface area (Å²) >= 11 is 1.09. The molecule has 1 amide bonds. The zero-order valence-electron chi connectivity index (χ0n) is 15.5. The second-order valence-electron chi connectivity index (χ2n) is 5.89. The van der Waals surface area contributed by atoms with Crippen LogP contribution in [0.25, 0.3) is 0 Å². The summed E-state index contributed by atoms with van der Waals surface area (Å²) in [5, 5.41) is 21.3. The number of non-ortho nitro benzene ring substituents is 1. The van der Waals surface area contributed by atoms with Crippen molar-refractivity contribution in [1.82, 2.24) is 10.2 Å². The van der Waals surface area contributed by atoms with Gasteiger partial charge in [0.25, 0.3) is 16.8 Å². The average Bonchev–Trinajstić information content (AvgIpc) is 3.19. The molecule has 0 saturated carbocycles. The Kier molecular flexibility index (Phi) is 6.80. The predicted molar refractivity (Wildman–Crippen MR) is 107 cm³/mol. The van der Waals surface area contributed by atoms with Crippen LogP contribution in [-0.2, 0) is 17.8 Å². The van der Waals surface area contributed by atoms with Gasteiger partial charge in [-0.2, -0.15) is 0 Å². The lowest BCUT2D eigenvalue weighted by atomic mass is 10.2. The third-order valence-corrected chi connectivity index (χ3v) is 4.65. The van der Waals surface area contributed by atoms with Crippen LogP contribution in [0.1, 0.15) is 18.4 Å². The van der Waals surface area contributed by atoms with Crippen LogP contribution in [0.15, 0.2) is 58.2 Å². The maximum Gasteiger partial charge on any atom is 0.277 e. The zero-order chi connectivity index (χ0) is 20.6. The summed E-state index contributed by atoms with van der Waals surface area (Å²) in [6, 6.07) is 13.3. The van der Waals surface area contributed by atoms with E-state index in [4.69, 9.17) is 9.15 Å². The fourth-order valence-electron chi connectivity index (χ4n) is 2.31. The van der Waals surface area contributed by atoms with Gasteiger partial charge in [0.15, 0.2) is 6.61 Å². The molecule has 1 aromatic heterocycles. The lowest BCUT2D eigenvalue weighted by Gasteiger charge is -2.04. The van der Waals surface area contributed by atoms with Crippen molar-refractivity contribution in [3.05, 3.63) is 70.1 Å². The van der Waals surface area contributed by atoms with Crippen LogP contribution in [0.4, 0.5) is 11.4 Å². The second-order valence-corrected chi connectivity index (χ2v) is 6.82. The molecule has 9 nitrogen and oxygen atoms in total. The molecule has 0 radical (unpaired) electrons. The summed E-state index contributed by atoms with van der Waals surface area (Å²) in [5.74, 6) is 0.772. The maximum atomic E-state index is 12.0. The maximum absolute atomic E-state index is 12.0. The van der Waals surface area contributed by atoms with Gasteiger partial charge in [0.05, 0.1) is 10.7 Å². The molecule has 0 spiro atoms. The molecule has 3 aromatic rings. The van der Waals surface area contributed by atoms with Crippen molar-refractivity contribution in [3.8, 4) is 5.75 Å². The number of thioether (sulfide) groups is 1. The second kappa shape index (κ2) is 9.69. The van der Waals surface area contributed by atoms with Crippen molar-refractivity contribution >= 4 is 29.0 Å². The number of anilines is 1. The molecule has 1 heterocycles. The van der Waals surface area contributed by atoms with E-state index < -0.39 is 4.92 Å². The molecule has 0 bridgehead atoms. The van der Waals surface area contributed by atoms with E-state index in [2.05, 4.69) is 22.4 Å². The Balaban J connectivity index is 1.44. The molecule has 3 rings (SSSR count). The first kappa shape index (κ1) is 20.3. The van der Waals surface area contributed by atoms with Crippen molar-refractivity contribution in [1.29, 1.82) is 0 Å². The summed E-state index contributed by atoms with van der Waals surface area (Å²) in [6.45, 7) is 2.22. The summed E-state index contributed by atoms with van der Waals surface area (Å²) in [5.41, 5.74) is 1.65. The lowest BCUT2D eigenvalue weighted by molar-refractivity contribution is -0.384. The average molecular weight is 414 g/mol. The molecule has 0 saturated heterocycles. The Morgan fingerprint density at radius 1 is 1.17 bits per heavy atom. The van der Waals surface area contributed by atoms with E-state index in [1.807, 2.05) is 24.3 Å². The number of hydrogen-bond donors (Lipinski definition) is 1. The minimum absolute atomic E-state index is 0.0423. The van der Waals surface area contributed by atoms with Crippen LogP contribution in [0.3, 0.4) is 0 Å². The highest BCUT2D eigenvalue weighted by Gasteiger charge is 2.11. The number of nitrogens with zero attached hydrogens (tertiary/aromatic N) is 3. The molecule has 10 heteroatoms. The van der Waals surface area contributed by atoms with Gasteiger partial charge in [-0.25, -0.2) is 0 Å². The zero-order valence-corrected chi connectivity index (χ0v) is 16.3. The van der Waals surface area contributed by atoms with E-state index in [0.717, 1.165) is 18.2 Å². The number of ether oxygens (including phenoxy) is 1. The van der Waals surface area contributed by atoms with Crippen LogP contribution in [0.2, 0.25) is 0 Å². The summed E-state index contributed by atoms with van der Waals surface area (Å²) in [4.78, 5) is 22.1. The molecule has 150 valence electrons. The topological polar surface area (TPSA) is 120 Å². The first-order valence-corrected chi connectivity index (χ1v) is 9.73. The molecule has 1 N–H and O–H groups in total. The van der Waals surface area contributed by atoms with E-state index in [9.17, 15) is 14.9 Å². The third-order valence-electron chi connectivity index (χ3n) is 3.83. The number of aromatic nitrogens is 2. The van der Waals surface area contributed by atoms with E-state index in [0.29, 0.717) is 17.3 Å². The molecule has 2 aromatic carbocycles. The lowest BCUT2D eigenvalue weighted by Crippen LogP contribution is -2.13. The van der Waals surface area contributed by atoms with E-state index in [1.54, 1.807) is 0 Å². The minimum atomic E-state index is -0.501. The number of nitro benzene ring substituents is 1. The van der Waals surface area contributed by atoms with Gasteiger partial charge in [0.1, 0.15) is 5.75 Å². The number of carbonyl (C=O) groups is 1. The van der Waals surface area contributed by atoms with Gasteiger partial charge in [0.2, 0.25) is 5.91 Å². The highest BCUT2D eigenvalue weighted by Crippen LogP contribution is 2.20. The Morgan fingerprint density at radius 2 is 1.90 bits per heavy atom. The summed E-state index contributed by atoms with van der Waals surface area (Å²) in [7, 11) is 0. The van der Waals surface area contributed by atoms with Crippen LogP contribution in [0.5, 0.6) is 5.75 Å². The van der Waals surface area contributed by atoms with Gasteiger partial charge in [-0.05, 0) is 36.2 Å². The van der Waals surface area contributed by atoms with Crippen LogP contribution >= 0.6 is 11.8 Å². The Bertz CT molecular complexity index is 973. The van der Waals surface area contributed by atoms with Crippen molar-refractivity contribution in [2.75, 3.05) is 11.1 Å². The quantitative estimate of drug-likeness (QED) is 0.318. The Hall–Kier alpha value is -3.40. The Labute approximate surface area is 170 Å². The molecular weight excluding hydrogens is 396 g/mol. The first-order chi connectivity index (χ1) is 14.0. The number of benzene rings is 2. The smallest absolute Gasteiger partial charge is 0.277 e. The van der Waals surface area contributed by atoms with Gasteiger partial charge >= 0.3 is 0 Å². The molecule has 0 unspecified atom stereocenters. The minimum Gasteiger partial charge on any atom is -0.484 e. The number of nitrogens with one attached hydrogen (secondary N) is 1. The number of carbonyl (C=O) groups excluding carboxylic acids is 1. The van der Waals surface area contributed by atoms with Crippen LogP contribution in [-0.4, -0.2) is 26.8 Å². The molecular formula is C19H18N4O5S. The highest BCUT2D eigenvalue weighted by atomic mass is 32.2. The summed E-state index contributed by atoms with van der Waals surface area (Å²) < 4.78 is 11.1. The fraction of sp³-hybridized carbons (Fsp3) is 0.211. The molecule has 29 heavy (non-hydrogen) atoms. The SMILES string of the molecule is CCc1ccc(OCc2nnc(SCC(=O)Nc3ccc([N+](=O)[O-])cc3)o2)cc1. The molecule has 0 fully saturated rings. The largest absolute Gasteiger partial charge is 0.484 e. The highest BCUT2D eigenvalue weighted by molar-refractivity contribution is 7.99. The summed E-state index contributed by atoms with van der Waals surface area (Å²) in [6.07, 6.45) is 0.961. The van der Waals surface area contributed by atoms with Crippen molar-refractivity contribution in [3.63, 3.8) is 0 Å². The van der Waals surface area contributed by atoms with Gasteiger partial charge in [0, 0.05) is 17.8 Å². The van der Waals surface area contributed by atoms with Gasteiger partial charge < -0.3 is 14.5 Å². The van der Waals surface area contributed by atoms with Gasteiger partial charge in [-0.15, -0.1) is 10.2 Å². The van der Waals surface area contributed by atoms with Crippen molar-refractivity contribution < 1.29 is 18.9 Å². The van der Waals surface area contributed by atoms with Gasteiger partial charge in [-0.1, -0.05) is 30.8 Å². The molecule has 0 atom stereocenters. The van der Waals surface area contributed by atoms with Crippen molar-refractivity contribution in [2.45, 2.75) is 25.2 Å². The van der Waals surface area contributed by atoms with E-state index >= 15 is 0 Å². The number of hydrogen-bond acceptors (Lipinski definition) is 8. The van der Waals surface area contributed by atoms with E-state index in [1.165, 1.54) is 29.8 Å². The first-order valence-electron chi connectivity index (χ1n) is 8.74. The van der Waals surface area contributed by atoms with E-state index in [-0.39, 0.29) is 29.2 Å². The number of rotatable bonds is 9. The molecule has 0 aliphatic rings. The predicted octanol–water partition coefficient (Wildman–Crippen LogP) is 3.85. The Morgan fingerprint density at radius 3 is 2.55 bits per heavy atom. The van der Waals surface area contributed by atoms with Crippen LogP contribution < -0.4 is 10.1 Å². The number of aryl methyl sites for hydroxylation is 1. The standard InChI is InChI=1S/C19H18N4O5S/c1-2-13-3-9-16(10-4-13)27-11-18-21-22-19(28-18)29-12-17(24)20-14-5-7-15(8-6-14)23(25)26/h3-10H,2,11-12H2,1H3,(H,20,24). The third kappa shape index (κ3) is 6.04. The van der Waals surface area contributed by atoms with Crippen LogP contribution in [0, 0.1) is 10.1 Å². The monoisotopic (exact) mass is 414 g/mol. The van der Waals surface area contributed by atoms with Gasteiger partial charge in [-0.3, -0.25) is 14.9 Å².